The molecule has 3 rings (SSSR count). The SMILES string of the molecule is COc1c2c(c(OC)c3ccccc13)CN(C(C)C)CC2. The van der Waals surface area contributed by atoms with Crippen LogP contribution in [0.15, 0.2) is 24.3 Å². The first-order valence-electron chi connectivity index (χ1n) is 7.55. The Morgan fingerprint density at radius 2 is 1.52 bits per heavy atom. The lowest BCUT2D eigenvalue weighted by Crippen LogP contribution is -2.36. The lowest BCUT2D eigenvalue weighted by Gasteiger charge is -2.34. The smallest absolute Gasteiger partial charge is 0.131 e. The topological polar surface area (TPSA) is 21.7 Å². The van der Waals surface area contributed by atoms with Crippen molar-refractivity contribution in [3.8, 4) is 11.5 Å². The maximum absolute atomic E-state index is 5.77. The first-order chi connectivity index (χ1) is 10.2. The lowest BCUT2D eigenvalue weighted by molar-refractivity contribution is 0.198. The predicted octanol–water partition coefficient (Wildman–Crippen LogP) is 3.62. The van der Waals surface area contributed by atoms with Crippen LogP contribution in [0.25, 0.3) is 10.8 Å². The van der Waals surface area contributed by atoms with Crippen LogP contribution in [0.1, 0.15) is 25.0 Å². The lowest BCUT2D eigenvalue weighted by atomic mass is 9.92. The molecule has 0 spiro atoms. The van der Waals surface area contributed by atoms with Gasteiger partial charge in [-0.2, -0.15) is 0 Å². The highest BCUT2D eigenvalue weighted by Crippen LogP contribution is 2.43. The minimum atomic E-state index is 0.542. The zero-order valence-electron chi connectivity index (χ0n) is 13.3. The van der Waals surface area contributed by atoms with Gasteiger partial charge in [0.25, 0.3) is 0 Å². The normalized spacial score (nSPS) is 15.3. The van der Waals surface area contributed by atoms with Gasteiger partial charge >= 0.3 is 0 Å². The predicted molar refractivity (Wildman–Crippen MR) is 86.3 cm³/mol. The van der Waals surface area contributed by atoms with Crippen LogP contribution in [-0.2, 0) is 13.0 Å². The Morgan fingerprint density at radius 1 is 0.952 bits per heavy atom. The summed E-state index contributed by atoms with van der Waals surface area (Å²) in [6, 6.07) is 8.89. The van der Waals surface area contributed by atoms with E-state index < -0.39 is 0 Å². The van der Waals surface area contributed by atoms with Crippen LogP contribution in [0.3, 0.4) is 0 Å². The molecule has 0 saturated heterocycles. The number of ether oxygens (including phenoxy) is 2. The highest BCUT2D eigenvalue weighted by molar-refractivity contribution is 5.96. The van der Waals surface area contributed by atoms with Gasteiger partial charge in [-0.05, 0) is 20.3 Å². The number of rotatable bonds is 3. The van der Waals surface area contributed by atoms with Gasteiger partial charge in [0, 0.05) is 41.0 Å². The molecule has 0 bridgehead atoms. The van der Waals surface area contributed by atoms with Crippen molar-refractivity contribution < 1.29 is 9.47 Å². The Labute approximate surface area is 126 Å². The van der Waals surface area contributed by atoms with Gasteiger partial charge < -0.3 is 9.47 Å². The summed E-state index contributed by atoms with van der Waals surface area (Å²) in [6.45, 7) is 6.49. The maximum atomic E-state index is 5.77. The molecule has 2 aromatic carbocycles. The molecular formula is C18H23NO2. The number of fused-ring (bicyclic) bond motifs is 2. The van der Waals surface area contributed by atoms with Gasteiger partial charge in [-0.1, -0.05) is 24.3 Å². The molecule has 0 radical (unpaired) electrons. The molecule has 112 valence electrons. The molecule has 1 heterocycles. The molecule has 0 amide bonds. The van der Waals surface area contributed by atoms with Crippen molar-refractivity contribution in [3.05, 3.63) is 35.4 Å². The molecule has 3 heteroatoms. The highest BCUT2D eigenvalue weighted by atomic mass is 16.5. The Hall–Kier alpha value is -1.74. The van der Waals surface area contributed by atoms with Crippen LogP contribution in [-0.4, -0.2) is 31.7 Å². The first-order valence-corrected chi connectivity index (χ1v) is 7.55. The molecule has 0 saturated carbocycles. The maximum Gasteiger partial charge on any atom is 0.131 e. The van der Waals surface area contributed by atoms with Gasteiger partial charge in [0.1, 0.15) is 11.5 Å². The minimum Gasteiger partial charge on any atom is -0.496 e. The first kappa shape index (κ1) is 14.2. The van der Waals surface area contributed by atoms with E-state index >= 15 is 0 Å². The average molecular weight is 285 g/mol. The second kappa shape index (κ2) is 5.57. The molecule has 0 atom stereocenters. The van der Waals surface area contributed by atoms with E-state index in [4.69, 9.17) is 9.47 Å². The van der Waals surface area contributed by atoms with Gasteiger partial charge in [-0.25, -0.2) is 0 Å². The van der Waals surface area contributed by atoms with Crippen molar-refractivity contribution in [2.45, 2.75) is 32.9 Å². The van der Waals surface area contributed by atoms with E-state index in [1.165, 1.54) is 11.1 Å². The molecule has 1 aliphatic heterocycles. The van der Waals surface area contributed by atoms with E-state index in [9.17, 15) is 0 Å². The number of methoxy groups -OCH3 is 2. The second-order valence-corrected chi connectivity index (χ2v) is 5.88. The van der Waals surface area contributed by atoms with E-state index in [0.29, 0.717) is 6.04 Å². The van der Waals surface area contributed by atoms with Crippen molar-refractivity contribution in [1.29, 1.82) is 0 Å². The number of hydrogen-bond acceptors (Lipinski definition) is 3. The zero-order valence-corrected chi connectivity index (χ0v) is 13.3. The van der Waals surface area contributed by atoms with Gasteiger partial charge in [0.15, 0.2) is 0 Å². The summed E-state index contributed by atoms with van der Waals surface area (Å²) in [7, 11) is 3.53. The Balaban J connectivity index is 2.27. The third kappa shape index (κ3) is 2.26. The van der Waals surface area contributed by atoms with Crippen molar-refractivity contribution in [2.75, 3.05) is 20.8 Å². The van der Waals surface area contributed by atoms with E-state index in [0.717, 1.165) is 41.8 Å². The molecule has 0 unspecified atom stereocenters. The highest BCUT2D eigenvalue weighted by Gasteiger charge is 2.27. The molecule has 0 aliphatic carbocycles. The molecule has 0 fully saturated rings. The molecule has 21 heavy (non-hydrogen) atoms. The minimum absolute atomic E-state index is 0.542. The second-order valence-electron chi connectivity index (χ2n) is 5.88. The molecule has 0 aromatic heterocycles. The van der Waals surface area contributed by atoms with E-state index in [2.05, 4.69) is 43.0 Å². The molecule has 2 aromatic rings. The van der Waals surface area contributed by atoms with Gasteiger partial charge in [0.05, 0.1) is 14.2 Å². The van der Waals surface area contributed by atoms with Crippen molar-refractivity contribution in [3.63, 3.8) is 0 Å². The third-order valence-corrected chi connectivity index (χ3v) is 4.48. The number of nitrogens with zero attached hydrogens (tertiary/aromatic N) is 1. The average Bonchev–Trinajstić information content (AvgIpc) is 2.51. The standard InChI is InChI=1S/C18H23NO2/c1-12(2)19-10-9-15-16(11-19)18(21-4)14-8-6-5-7-13(14)17(15)20-3/h5-8,12H,9-11H2,1-4H3. The summed E-state index contributed by atoms with van der Waals surface area (Å²) >= 11 is 0. The van der Waals surface area contributed by atoms with Gasteiger partial charge in [0.2, 0.25) is 0 Å². The largest absolute Gasteiger partial charge is 0.496 e. The quantitative estimate of drug-likeness (QED) is 0.859. The van der Waals surface area contributed by atoms with Crippen LogP contribution in [0.5, 0.6) is 11.5 Å². The monoisotopic (exact) mass is 285 g/mol. The molecule has 3 nitrogen and oxygen atoms in total. The molecule has 0 N–H and O–H groups in total. The van der Waals surface area contributed by atoms with Gasteiger partial charge in [-0.3, -0.25) is 4.90 Å². The van der Waals surface area contributed by atoms with Crippen molar-refractivity contribution >= 4 is 10.8 Å². The van der Waals surface area contributed by atoms with Crippen LogP contribution in [0.2, 0.25) is 0 Å². The van der Waals surface area contributed by atoms with Crippen LogP contribution in [0, 0.1) is 0 Å². The third-order valence-electron chi connectivity index (χ3n) is 4.48. The Kier molecular flexibility index (Phi) is 3.77. The fraction of sp³-hybridized carbons (Fsp3) is 0.444. The van der Waals surface area contributed by atoms with E-state index in [1.807, 2.05) is 0 Å². The summed E-state index contributed by atoms with van der Waals surface area (Å²) in [5, 5.41) is 2.29. The zero-order chi connectivity index (χ0) is 15.0. The summed E-state index contributed by atoms with van der Waals surface area (Å²) in [4.78, 5) is 2.49. The van der Waals surface area contributed by atoms with Crippen LogP contribution in [0.4, 0.5) is 0 Å². The van der Waals surface area contributed by atoms with Crippen molar-refractivity contribution in [2.24, 2.45) is 0 Å². The molecule has 1 aliphatic rings. The summed E-state index contributed by atoms with van der Waals surface area (Å²) in [5.41, 5.74) is 2.60. The fourth-order valence-corrected chi connectivity index (χ4v) is 3.35. The Morgan fingerprint density at radius 3 is 2.05 bits per heavy atom. The Bertz CT molecular complexity index is 664. The fourth-order valence-electron chi connectivity index (χ4n) is 3.35. The summed E-state index contributed by atoms with van der Waals surface area (Å²) < 4.78 is 11.5. The van der Waals surface area contributed by atoms with Crippen molar-refractivity contribution in [1.82, 2.24) is 4.90 Å². The van der Waals surface area contributed by atoms with E-state index in [1.54, 1.807) is 14.2 Å². The van der Waals surface area contributed by atoms with Crippen LogP contribution >= 0.6 is 0 Å². The summed E-state index contributed by atoms with van der Waals surface area (Å²) in [5.74, 6) is 2.02. The number of benzene rings is 2. The van der Waals surface area contributed by atoms with Crippen LogP contribution < -0.4 is 9.47 Å². The van der Waals surface area contributed by atoms with E-state index in [-0.39, 0.29) is 0 Å². The molecular weight excluding hydrogens is 262 g/mol. The number of hydrogen-bond donors (Lipinski definition) is 0. The summed E-state index contributed by atoms with van der Waals surface area (Å²) in [6.07, 6.45) is 1.01. The van der Waals surface area contributed by atoms with Gasteiger partial charge in [-0.15, -0.1) is 0 Å².